The second-order valence-electron chi connectivity index (χ2n) is 6.73. The van der Waals surface area contributed by atoms with E-state index in [4.69, 9.17) is 0 Å². The predicted molar refractivity (Wildman–Crippen MR) is 95.8 cm³/mol. The lowest BCUT2D eigenvalue weighted by atomic mass is 9.91. The van der Waals surface area contributed by atoms with Crippen molar-refractivity contribution < 1.29 is 18.7 Å². The van der Waals surface area contributed by atoms with Gasteiger partial charge < -0.3 is 20.7 Å². The van der Waals surface area contributed by atoms with E-state index in [1.165, 1.54) is 13.2 Å². The molecule has 5 atom stereocenters. The molecule has 6 N–H and O–H groups in total. The van der Waals surface area contributed by atoms with Crippen molar-refractivity contribution in [3.8, 4) is 0 Å². The van der Waals surface area contributed by atoms with Crippen molar-refractivity contribution in [2.75, 3.05) is 13.7 Å². The number of hydrogen-bond acceptors (Lipinski definition) is 6. The zero-order valence-corrected chi connectivity index (χ0v) is 15.2. The van der Waals surface area contributed by atoms with Crippen LogP contribution < -0.4 is 32.1 Å². The monoisotopic (exact) mass is 380 g/mol. The minimum atomic E-state index is -0.503. The van der Waals surface area contributed by atoms with E-state index in [0.29, 0.717) is 18.5 Å². The smallest absolute Gasteiger partial charge is 0.408 e. The summed E-state index contributed by atoms with van der Waals surface area (Å²) >= 11 is 0. The molecule has 0 saturated carbocycles. The number of carbonyl (C=O) groups is 2. The first-order chi connectivity index (χ1) is 13.0. The molecule has 27 heavy (non-hydrogen) atoms. The van der Waals surface area contributed by atoms with Crippen molar-refractivity contribution >= 4 is 12.1 Å². The minimum absolute atomic E-state index is 0.0719. The topological polar surface area (TPSA) is 116 Å². The van der Waals surface area contributed by atoms with Gasteiger partial charge in [-0.2, -0.15) is 0 Å². The quantitative estimate of drug-likeness (QED) is 0.447. The summed E-state index contributed by atoms with van der Waals surface area (Å²) in [7, 11) is 1.31. The fraction of sp³-hybridized carbons (Fsp3) is 0.529. The molecule has 2 fully saturated rings. The molecule has 2 aliphatic heterocycles. The number of benzene rings is 1. The van der Waals surface area contributed by atoms with Crippen molar-refractivity contribution in [2.24, 2.45) is 5.92 Å². The van der Waals surface area contributed by atoms with Crippen LogP contribution in [-0.2, 0) is 4.74 Å². The summed E-state index contributed by atoms with van der Waals surface area (Å²) in [6.45, 7) is 2.32. The average molecular weight is 380 g/mol. The molecule has 1 aromatic carbocycles. The normalized spacial score (nSPS) is 28.0. The zero-order valence-electron chi connectivity index (χ0n) is 15.2. The van der Waals surface area contributed by atoms with Gasteiger partial charge in [-0.1, -0.05) is 18.2 Å². The van der Waals surface area contributed by atoms with E-state index in [0.717, 1.165) is 0 Å². The van der Waals surface area contributed by atoms with E-state index in [1.54, 1.807) is 25.1 Å². The molecule has 3 rings (SSSR count). The lowest BCUT2D eigenvalue weighted by Crippen LogP contribution is -2.59. The van der Waals surface area contributed by atoms with Gasteiger partial charge in [-0.15, -0.1) is 0 Å². The van der Waals surface area contributed by atoms with Crippen molar-refractivity contribution in [2.45, 2.75) is 37.8 Å². The fourth-order valence-electron chi connectivity index (χ4n) is 3.49. The van der Waals surface area contributed by atoms with Gasteiger partial charge in [-0.3, -0.25) is 10.7 Å². The fourth-order valence-corrected chi connectivity index (χ4v) is 3.49. The van der Waals surface area contributed by atoms with Gasteiger partial charge in [0, 0.05) is 24.1 Å². The summed E-state index contributed by atoms with van der Waals surface area (Å²) in [5, 5.41) is 11.6. The maximum atomic E-state index is 13.8. The number of alkyl carbamates (subject to hydrolysis) is 1. The van der Waals surface area contributed by atoms with E-state index < -0.39 is 12.1 Å². The summed E-state index contributed by atoms with van der Waals surface area (Å²) in [5.74, 6) is -0.239. The van der Waals surface area contributed by atoms with E-state index in [-0.39, 0.29) is 36.1 Å². The molecule has 0 aromatic heterocycles. The number of ether oxygens (including phenoxy) is 1. The minimum Gasteiger partial charge on any atom is -0.453 e. The number of methoxy groups -OCH3 is 1. The molecule has 1 aromatic rings. The number of urea groups is 1. The van der Waals surface area contributed by atoms with Crippen molar-refractivity contribution in [3.63, 3.8) is 0 Å². The number of piperidine rings is 1. The Kier molecular flexibility index (Phi) is 6.09. The first-order valence-corrected chi connectivity index (χ1v) is 8.88. The number of hydrazine groups is 1. The van der Waals surface area contributed by atoms with Crippen LogP contribution in [0, 0.1) is 11.7 Å². The van der Waals surface area contributed by atoms with E-state index in [1.807, 2.05) is 0 Å². The molecule has 9 nitrogen and oxygen atoms in total. The summed E-state index contributed by atoms with van der Waals surface area (Å²) in [6.07, 6.45) is -0.383. The third kappa shape index (κ3) is 4.65. The summed E-state index contributed by atoms with van der Waals surface area (Å²) in [6, 6.07) is 5.59. The molecule has 3 amide bonds. The molecule has 0 radical (unpaired) electrons. The highest BCUT2D eigenvalue weighted by atomic mass is 19.1. The second kappa shape index (κ2) is 8.51. The van der Waals surface area contributed by atoms with Crippen LogP contribution in [-0.4, -0.2) is 44.2 Å². The average Bonchev–Trinajstić information content (AvgIpc) is 3.03. The Bertz CT molecular complexity index is 690. The summed E-state index contributed by atoms with van der Waals surface area (Å²) < 4.78 is 18.4. The Morgan fingerprint density at radius 1 is 1.26 bits per heavy atom. The van der Waals surface area contributed by atoms with Gasteiger partial charge in [0.15, 0.2) is 0 Å². The molecule has 0 spiro atoms. The third-order valence-corrected chi connectivity index (χ3v) is 4.94. The molecular formula is C17H25FN6O3. The van der Waals surface area contributed by atoms with Crippen LogP contribution in [0.2, 0.25) is 0 Å². The number of amides is 3. The number of fused-ring (bicyclic) bond motifs is 1. The maximum absolute atomic E-state index is 13.8. The van der Waals surface area contributed by atoms with Crippen molar-refractivity contribution in [1.29, 1.82) is 0 Å². The standard InChI is InChI=1S/C17H25FN6O3/c1-9(10-5-3-4-6-12(10)18)20-16(25)21-14-7-13-11(8-19-14)15(24-23-13)22-17(26)27-2/h3-6,9,11,13-15,19,23-24H,7-8H2,1-2H3,(H,22,26)(H2,20,21,25)/t9-,11?,13?,14?,15?/m1/s1. The van der Waals surface area contributed by atoms with Crippen LogP contribution in [0.3, 0.4) is 0 Å². The van der Waals surface area contributed by atoms with Gasteiger partial charge in [0.25, 0.3) is 0 Å². The van der Waals surface area contributed by atoms with Gasteiger partial charge in [0.1, 0.15) is 12.0 Å². The van der Waals surface area contributed by atoms with Crippen LogP contribution >= 0.6 is 0 Å². The molecular weight excluding hydrogens is 355 g/mol. The Morgan fingerprint density at radius 3 is 2.78 bits per heavy atom. The highest BCUT2D eigenvalue weighted by molar-refractivity contribution is 5.74. The molecule has 10 heteroatoms. The van der Waals surface area contributed by atoms with Crippen LogP contribution in [0.25, 0.3) is 0 Å². The Labute approximate surface area is 156 Å². The zero-order chi connectivity index (χ0) is 19.4. The lowest BCUT2D eigenvalue weighted by molar-refractivity contribution is 0.158. The number of halogens is 1. The van der Waals surface area contributed by atoms with E-state index >= 15 is 0 Å². The number of rotatable bonds is 4. The molecule has 148 valence electrons. The van der Waals surface area contributed by atoms with E-state index in [2.05, 4.69) is 36.9 Å². The molecule has 4 unspecified atom stereocenters. The predicted octanol–water partition coefficient (Wildman–Crippen LogP) is 0.280. The van der Waals surface area contributed by atoms with Gasteiger partial charge in [-0.25, -0.2) is 19.4 Å². The van der Waals surface area contributed by atoms with Gasteiger partial charge in [-0.05, 0) is 19.4 Å². The second-order valence-corrected chi connectivity index (χ2v) is 6.73. The van der Waals surface area contributed by atoms with Crippen molar-refractivity contribution in [3.05, 3.63) is 35.6 Å². The molecule has 2 saturated heterocycles. The number of carbonyl (C=O) groups excluding carboxylic acids is 2. The van der Waals surface area contributed by atoms with Crippen LogP contribution in [0.4, 0.5) is 14.0 Å². The summed E-state index contributed by atoms with van der Waals surface area (Å²) in [4.78, 5) is 23.6. The largest absolute Gasteiger partial charge is 0.453 e. The molecule has 2 heterocycles. The Balaban J connectivity index is 1.48. The van der Waals surface area contributed by atoms with Crippen LogP contribution in [0.1, 0.15) is 24.9 Å². The molecule has 2 aliphatic rings. The SMILES string of the molecule is COC(=O)NC1NNC2CC(NC(=O)N[C@H](C)c3ccccc3F)NCC21. The van der Waals surface area contributed by atoms with Crippen molar-refractivity contribution in [1.82, 2.24) is 32.1 Å². The number of hydrogen-bond donors (Lipinski definition) is 6. The maximum Gasteiger partial charge on any atom is 0.408 e. The Morgan fingerprint density at radius 2 is 2.04 bits per heavy atom. The Hall–Kier alpha value is -2.43. The van der Waals surface area contributed by atoms with Gasteiger partial charge in [0.05, 0.1) is 19.3 Å². The molecule has 0 aliphatic carbocycles. The first kappa shape index (κ1) is 19.3. The summed E-state index contributed by atoms with van der Waals surface area (Å²) in [5.41, 5.74) is 6.59. The van der Waals surface area contributed by atoms with Crippen LogP contribution in [0.5, 0.6) is 0 Å². The van der Waals surface area contributed by atoms with Gasteiger partial charge in [0.2, 0.25) is 0 Å². The van der Waals surface area contributed by atoms with E-state index in [9.17, 15) is 14.0 Å². The molecule has 0 bridgehead atoms. The van der Waals surface area contributed by atoms with Gasteiger partial charge >= 0.3 is 12.1 Å². The van der Waals surface area contributed by atoms with Crippen LogP contribution in [0.15, 0.2) is 24.3 Å². The highest BCUT2D eigenvalue weighted by Gasteiger charge is 2.41. The number of nitrogens with one attached hydrogen (secondary N) is 6. The first-order valence-electron chi connectivity index (χ1n) is 8.88. The highest BCUT2D eigenvalue weighted by Crippen LogP contribution is 2.21. The third-order valence-electron chi connectivity index (χ3n) is 4.94. The lowest BCUT2D eigenvalue weighted by Gasteiger charge is -2.34.